The largest absolute Gasteiger partial charge is 0.460 e. The lowest BCUT2D eigenvalue weighted by molar-refractivity contribution is -0.120. The van der Waals surface area contributed by atoms with Crippen molar-refractivity contribution in [2.45, 2.75) is 46.5 Å². The van der Waals surface area contributed by atoms with Crippen LogP contribution in [0.1, 0.15) is 46.5 Å². The topological polar surface area (TPSA) is 96.7 Å². The number of rotatable bonds is 13. The van der Waals surface area contributed by atoms with Gasteiger partial charge in [0, 0.05) is 23.8 Å². The highest BCUT2D eigenvalue weighted by Crippen LogP contribution is 2.36. The van der Waals surface area contributed by atoms with Crippen molar-refractivity contribution in [3.8, 4) is 34.6 Å². The van der Waals surface area contributed by atoms with Gasteiger partial charge in [-0.05, 0) is 62.2 Å². The summed E-state index contributed by atoms with van der Waals surface area (Å²) in [5, 5.41) is 7.63. The second kappa shape index (κ2) is 12.4. The van der Waals surface area contributed by atoms with Gasteiger partial charge in [0.1, 0.15) is 6.61 Å². The van der Waals surface area contributed by atoms with Gasteiger partial charge in [0.2, 0.25) is 12.7 Å². The minimum absolute atomic E-state index is 0.0222. The van der Waals surface area contributed by atoms with Crippen molar-refractivity contribution in [2.24, 2.45) is 5.92 Å². The molecular weight excluding hydrogens is 460 g/mol. The zero-order valence-corrected chi connectivity index (χ0v) is 21.2. The van der Waals surface area contributed by atoms with E-state index < -0.39 is 0 Å². The Kier molecular flexibility index (Phi) is 8.78. The number of hydrogen-bond donors (Lipinski definition) is 1. The second-order valence-corrected chi connectivity index (χ2v) is 8.53. The van der Waals surface area contributed by atoms with Gasteiger partial charge >= 0.3 is 6.01 Å². The van der Waals surface area contributed by atoms with E-state index in [9.17, 15) is 4.79 Å². The van der Waals surface area contributed by atoms with Gasteiger partial charge in [-0.25, -0.2) is 4.68 Å². The summed E-state index contributed by atoms with van der Waals surface area (Å²) in [5.41, 5.74) is 2.34. The fraction of sp³-hybridized carbons (Fsp3) is 0.444. The molecule has 0 fully saturated rings. The quantitative estimate of drug-likeness (QED) is 0.325. The number of aromatic nitrogens is 3. The lowest BCUT2D eigenvalue weighted by atomic mass is 9.98. The molecule has 192 valence electrons. The summed E-state index contributed by atoms with van der Waals surface area (Å²) < 4.78 is 23.8. The van der Waals surface area contributed by atoms with E-state index in [1.165, 1.54) is 0 Å². The van der Waals surface area contributed by atoms with Gasteiger partial charge in [-0.2, -0.15) is 4.98 Å². The number of nitrogens with one attached hydrogen (secondary N) is 1. The average Bonchev–Trinajstić information content (AvgIpc) is 3.54. The van der Waals surface area contributed by atoms with Crippen LogP contribution in [-0.4, -0.2) is 47.3 Å². The molecule has 1 aliphatic rings. The van der Waals surface area contributed by atoms with Crippen molar-refractivity contribution in [1.29, 1.82) is 0 Å². The molecule has 0 aliphatic carbocycles. The predicted octanol–water partition coefficient (Wildman–Crippen LogP) is 5.23. The molecule has 1 aliphatic heterocycles. The van der Waals surface area contributed by atoms with E-state index >= 15 is 0 Å². The third-order valence-corrected chi connectivity index (χ3v) is 6.03. The van der Waals surface area contributed by atoms with E-state index in [0.29, 0.717) is 37.1 Å². The minimum atomic E-state index is 0.0222. The van der Waals surface area contributed by atoms with Crippen molar-refractivity contribution in [3.05, 3.63) is 42.5 Å². The van der Waals surface area contributed by atoms with Crippen LogP contribution >= 0.6 is 0 Å². The zero-order chi connectivity index (χ0) is 25.3. The number of fused-ring (bicyclic) bond motifs is 1. The maximum absolute atomic E-state index is 12.7. The Morgan fingerprint density at radius 3 is 2.64 bits per heavy atom. The first kappa shape index (κ1) is 25.5. The van der Waals surface area contributed by atoms with Crippen LogP contribution in [0.3, 0.4) is 0 Å². The molecule has 1 unspecified atom stereocenters. The van der Waals surface area contributed by atoms with Crippen LogP contribution < -0.4 is 19.5 Å². The lowest BCUT2D eigenvalue weighted by Crippen LogP contribution is -2.22. The zero-order valence-electron chi connectivity index (χ0n) is 21.2. The normalized spacial score (nSPS) is 13.0. The number of amides is 1. The molecule has 0 radical (unpaired) electrons. The van der Waals surface area contributed by atoms with E-state index in [1.54, 1.807) is 4.68 Å². The third-order valence-electron chi connectivity index (χ3n) is 6.03. The first-order valence-electron chi connectivity index (χ1n) is 12.6. The predicted molar refractivity (Wildman–Crippen MR) is 137 cm³/mol. The highest BCUT2D eigenvalue weighted by atomic mass is 16.7. The van der Waals surface area contributed by atoms with Crippen LogP contribution in [0, 0.1) is 5.92 Å². The van der Waals surface area contributed by atoms with Crippen molar-refractivity contribution >= 4 is 11.6 Å². The summed E-state index contributed by atoms with van der Waals surface area (Å²) in [6.07, 6.45) is 3.86. The van der Waals surface area contributed by atoms with Crippen molar-refractivity contribution < 1.29 is 23.7 Å². The molecule has 1 amide bonds. The van der Waals surface area contributed by atoms with Crippen molar-refractivity contribution in [3.63, 3.8) is 0 Å². The summed E-state index contributed by atoms with van der Waals surface area (Å²) >= 11 is 0. The molecule has 1 atom stereocenters. The van der Waals surface area contributed by atoms with Gasteiger partial charge in [-0.1, -0.05) is 26.7 Å². The number of carbonyl (C=O) groups excluding carboxylic acids is 1. The van der Waals surface area contributed by atoms with E-state index in [4.69, 9.17) is 18.9 Å². The summed E-state index contributed by atoms with van der Waals surface area (Å²) in [6, 6.07) is 13.4. The van der Waals surface area contributed by atoms with Crippen molar-refractivity contribution in [2.75, 3.05) is 31.9 Å². The maximum atomic E-state index is 12.7. The Bertz CT molecular complexity index is 1150. The number of nitrogens with zero attached hydrogens (tertiary/aromatic N) is 3. The van der Waals surface area contributed by atoms with Crippen LogP contribution in [0.4, 0.5) is 5.69 Å². The van der Waals surface area contributed by atoms with E-state index in [1.807, 2.05) is 49.4 Å². The van der Waals surface area contributed by atoms with Gasteiger partial charge in [0.15, 0.2) is 17.3 Å². The minimum Gasteiger partial charge on any atom is -0.460 e. The molecule has 9 heteroatoms. The first-order chi connectivity index (χ1) is 17.6. The molecule has 0 spiro atoms. The van der Waals surface area contributed by atoms with Crippen LogP contribution in [0.5, 0.6) is 17.5 Å². The molecule has 36 heavy (non-hydrogen) atoms. The Morgan fingerprint density at radius 1 is 1.08 bits per heavy atom. The maximum Gasteiger partial charge on any atom is 0.336 e. The Hall–Kier alpha value is -3.59. The molecule has 0 saturated carbocycles. The third kappa shape index (κ3) is 6.15. The highest BCUT2D eigenvalue weighted by Gasteiger charge is 2.20. The summed E-state index contributed by atoms with van der Waals surface area (Å²) in [5.74, 6) is 2.04. The van der Waals surface area contributed by atoms with Crippen molar-refractivity contribution in [1.82, 2.24) is 14.8 Å². The molecule has 2 aromatic carbocycles. The van der Waals surface area contributed by atoms with Gasteiger partial charge in [0.05, 0.1) is 12.3 Å². The summed E-state index contributed by atoms with van der Waals surface area (Å²) in [7, 11) is 0. The molecule has 9 nitrogen and oxygen atoms in total. The molecular formula is C27H34N4O5. The first-order valence-corrected chi connectivity index (χ1v) is 12.6. The second-order valence-electron chi connectivity index (χ2n) is 8.53. The van der Waals surface area contributed by atoms with E-state index in [-0.39, 0.29) is 24.6 Å². The monoisotopic (exact) mass is 494 g/mol. The fourth-order valence-electron chi connectivity index (χ4n) is 3.99. The smallest absolute Gasteiger partial charge is 0.336 e. The SMILES string of the molecule is CCCCC(CC)C(=O)Nc1ccc(-n2nc(OCCOCC)nc2-c2ccc3c(c2)OCO3)cc1. The Morgan fingerprint density at radius 2 is 1.89 bits per heavy atom. The Balaban J connectivity index is 1.56. The number of hydrogen-bond acceptors (Lipinski definition) is 7. The number of benzene rings is 2. The molecule has 4 rings (SSSR count). The Labute approximate surface area is 211 Å². The lowest BCUT2D eigenvalue weighted by Gasteiger charge is -2.15. The van der Waals surface area contributed by atoms with E-state index in [0.717, 1.165) is 42.6 Å². The van der Waals surface area contributed by atoms with Crippen LogP contribution in [-0.2, 0) is 9.53 Å². The molecule has 3 aromatic rings. The van der Waals surface area contributed by atoms with E-state index in [2.05, 4.69) is 29.2 Å². The van der Waals surface area contributed by atoms with Gasteiger partial charge < -0.3 is 24.3 Å². The number of unbranched alkanes of at least 4 members (excludes halogenated alkanes) is 1. The molecule has 0 bridgehead atoms. The molecule has 0 saturated heterocycles. The molecule has 2 heterocycles. The molecule has 1 N–H and O–H groups in total. The average molecular weight is 495 g/mol. The number of ether oxygens (including phenoxy) is 4. The van der Waals surface area contributed by atoms with Gasteiger partial charge in [-0.15, -0.1) is 5.10 Å². The van der Waals surface area contributed by atoms with Crippen LogP contribution in [0.25, 0.3) is 17.1 Å². The van der Waals surface area contributed by atoms with Crippen LogP contribution in [0.2, 0.25) is 0 Å². The summed E-state index contributed by atoms with van der Waals surface area (Å²) in [6.45, 7) is 7.75. The highest BCUT2D eigenvalue weighted by molar-refractivity contribution is 5.92. The standard InChI is InChI=1S/C27H34N4O5/c1-4-7-8-19(5-2)26(32)28-21-10-12-22(13-11-21)31-25(29-27(30-31)34-16-15-33-6-3)20-9-14-23-24(17-20)36-18-35-23/h9-14,17,19H,4-8,15-16,18H2,1-3H3,(H,28,32). The van der Waals surface area contributed by atoms with Gasteiger partial charge in [-0.3, -0.25) is 4.79 Å². The van der Waals surface area contributed by atoms with Crippen LogP contribution in [0.15, 0.2) is 42.5 Å². The van der Waals surface area contributed by atoms with Gasteiger partial charge in [0.25, 0.3) is 0 Å². The fourth-order valence-corrected chi connectivity index (χ4v) is 3.99. The summed E-state index contributed by atoms with van der Waals surface area (Å²) in [4.78, 5) is 17.3. The number of carbonyl (C=O) groups is 1. The number of anilines is 1. The molecule has 1 aromatic heterocycles.